The molecule has 20 heavy (non-hydrogen) atoms. The molecule has 110 valence electrons. The molecule has 1 saturated heterocycles. The van der Waals surface area contributed by atoms with Gasteiger partial charge in [0.25, 0.3) is 5.91 Å². The molecule has 2 heterocycles. The van der Waals surface area contributed by atoms with Gasteiger partial charge in [-0.25, -0.2) is 0 Å². The molecule has 1 aromatic heterocycles. The largest absolute Gasteiger partial charge is 0.469 e. The third kappa shape index (κ3) is 2.92. The van der Waals surface area contributed by atoms with E-state index >= 15 is 0 Å². The quantitative estimate of drug-likeness (QED) is 0.817. The lowest BCUT2D eigenvalue weighted by Gasteiger charge is -2.34. The molecule has 0 aromatic carbocycles. The van der Waals surface area contributed by atoms with Gasteiger partial charge < -0.3 is 15.4 Å². The first-order valence-corrected chi connectivity index (χ1v) is 6.70. The van der Waals surface area contributed by atoms with Gasteiger partial charge in [0.2, 0.25) is 0 Å². The molecule has 0 radical (unpaired) electrons. The molecule has 1 atom stereocenters. The number of nitrogens with two attached hydrogens (primary N) is 1. The normalized spacial score (nSPS) is 18.9. The van der Waals surface area contributed by atoms with Gasteiger partial charge in [0, 0.05) is 25.8 Å². The molecule has 1 aliphatic heterocycles. The van der Waals surface area contributed by atoms with E-state index in [0.717, 1.165) is 19.3 Å². The van der Waals surface area contributed by atoms with Crippen molar-refractivity contribution < 1.29 is 14.3 Å². The zero-order chi connectivity index (χ0) is 14.7. The fraction of sp³-hybridized carbons (Fsp3) is 0.615. The molecule has 2 N–H and O–H groups in total. The zero-order valence-electron chi connectivity index (χ0n) is 11.8. The summed E-state index contributed by atoms with van der Waals surface area (Å²) in [7, 11) is 3.07. The van der Waals surface area contributed by atoms with Gasteiger partial charge in [-0.15, -0.1) is 0 Å². The van der Waals surface area contributed by atoms with Crippen LogP contribution in [0.15, 0.2) is 6.20 Å². The third-order valence-electron chi connectivity index (χ3n) is 3.58. The van der Waals surface area contributed by atoms with Crippen LogP contribution in [0.4, 0.5) is 5.69 Å². The van der Waals surface area contributed by atoms with Crippen LogP contribution >= 0.6 is 0 Å². The molecular formula is C13H20N4O3. The molecule has 1 unspecified atom stereocenters. The maximum Gasteiger partial charge on any atom is 0.307 e. The van der Waals surface area contributed by atoms with Gasteiger partial charge in [0.05, 0.1) is 19.2 Å². The highest BCUT2D eigenvalue weighted by molar-refractivity contribution is 5.97. The van der Waals surface area contributed by atoms with Crippen molar-refractivity contribution in [3.63, 3.8) is 0 Å². The Bertz CT molecular complexity index is 512. The number of anilines is 1. The molecule has 0 aliphatic carbocycles. The van der Waals surface area contributed by atoms with E-state index in [2.05, 4.69) is 5.10 Å². The number of rotatable bonds is 3. The fourth-order valence-electron chi connectivity index (χ4n) is 2.56. The Balaban J connectivity index is 2.17. The van der Waals surface area contributed by atoms with E-state index in [1.54, 1.807) is 18.1 Å². The Morgan fingerprint density at radius 3 is 2.85 bits per heavy atom. The predicted molar refractivity (Wildman–Crippen MR) is 72.9 cm³/mol. The summed E-state index contributed by atoms with van der Waals surface area (Å²) in [6.07, 6.45) is 4.55. The van der Waals surface area contributed by atoms with E-state index in [1.165, 1.54) is 11.8 Å². The van der Waals surface area contributed by atoms with E-state index in [9.17, 15) is 9.59 Å². The number of amides is 1. The first-order chi connectivity index (χ1) is 9.52. The lowest BCUT2D eigenvalue weighted by Crippen LogP contribution is -2.45. The van der Waals surface area contributed by atoms with E-state index in [0.29, 0.717) is 12.2 Å². The summed E-state index contributed by atoms with van der Waals surface area (Å²) in [5.74, 6) is -0.514. The second kappa shape index (κ2) is 5.94. The van der Waals surface area contributed by atoms with E-state index < -0.39 is 0 Å². The second-order valence-corrected chi connectivity index (χ2v) is 5.04. The minimum absolute atomic E-state index is 0.134. The number of hydrogen-bond donors (Lipinski definition) is 1. The van der Waals surface area contributed by atoms with Gasteiger partial charge in [0.1, 0.15) is 0 Å². The van der Waals surface area contributed by atoms with Crippen molar-refractivity contribution in [3.05, 3.63) is 11.9 Å². The molecule has 0 saturated carbocycles. The summed E-state index contributed by atoms with van der Waals surface area (Å²) in [6.45, 7) is 0.622. The standard InChI is InChI=1S/C13H20N4O3/c1-16-8-10(14)12(15-16)13(19)17-6-4-3-5-9(17)7-11(18)20-2/h8-9H,3-7,14H2,1-2H3. The number of esters is 1. The number of nitrogen functional groups attached to an aromatic ring is 1. The van der Waals surface area contributed by atoms with Crippen LogP contribution in [-0.4, -0.2) is 46.3 Å². The Hall–Kier alpha value is -2.05. The highest BCUT2D eigenvalue weighted by Crippen LogP contribution is 2.23. The predicted octanol–water partition coefficient (Wildman–Crippen LogP) is 0.560. The number of piperidine rings is 1. The highest BCUT2D eigenvalue weighted by atomic mass is 16.5. The Labute approximate surface area is 117 Å². The van der Waals surface area contributed by atoms with Crippen LogP contribution in [-0.2, 0) is 16.6 Å². The summed E-state index contributed by atoms with van der Waals surface area (Å²) >= 11 is 0. The first-order valence-electron chi connectivity index (χ1n) is 6.70. The summed E-state index contributed by atoms with van der Waals surface area (Å²) in [5, 5.41) is 4.10. The molecule has 1 aromatic rings. The fourth-order valence-corrected chi connectivity index (χ4v) is 2.56. The van der Waals surface area contributed by atoms with Crippen molar-refractivity contribution in [2.24, 2.45) is 7.05 Å². The summed E-state index contributed by atoms with van der Waals surface area (Å²) < 4.78 is 6.21. The van der Waals surface area contributed by atoms with E-state index in [-0.39, 0.29) is 30.0 Å². The first kappa shape index (κ1) is 14.4. The Morgan fingerprint density at radius 2 is 2.25 bits per heavy atom. The summed E-state index contributed by atoms with van der Waals surface area (Å²) in [6, 6.07) is -0.134. The number of likely N-dealkylation sites (tertiary alicyclic amines) is 1. The van der Waals surface area contributed by atoms with Crippen molar-refractivity contribution in [2.45, 2.75) is 31.7 Å². The molecular weight excluding hydrogens is 260 g/mol. The smallest absolute Gasteiger partial charge is 0.307 e. The molecule has 0 bridgehead atoms. The molecule has 1 fully saturated rings. The number of nitrogens with zero attached hydrogens (tertiary/aromatic N) is 3. The number of ether oxygens (including phenoxy) is 1. The second-order valence-electron chi connectivity index (χ2n) is 5.04. The summed E-state index contributed by atoms with van der Waals surface area (Å²) in [4.78, 5) is 25.7. The number of carbonyl (C=O) groups excluding carboxylic acids is 2. The number of aromatic nitrogens is 2. The summed E-state index contributed by atoms with van der Waals surface area (Å²) in [5.41, 5.74) is 6.41. The number of carbonyl (C=O) groups is 2. The average Bonchev–Trinajstić information content (AvgIpc) is 2.77. The van der Waals surface area contributed by atoms with Crippen molar-refractivity contribution in [3.8, 4) is 0 Å². The maximum absolute atomic E-state index is 12.5. The van der Waals surface area contributed by atoms with Crippen molar-refractivity contribution in [1.82, 2.24) is 14.7 Å². The Morgan fingerprint density at radius 1 is 1.50 bits per heavy atom. The van der Waals surface area contributed by atoms with Crippen LogP contribution in [0.2, 0.25) is 0 Å². The third-order valence-corrected chi connectivity index (χ3v) is 3.58. The molecule has 1 amide bonds. The monoisotopic (exact) mass is 280 g/mol. The van der Waals surface area contributed by atoms with Gasteiger partial charge in [-0.2, -0.15) is 5.10 Å². The number of aryl methyl sites for hydroxylation is 1. The maximum atomic E-state index is 12.5. The van der Waals surface area contributed by atoms with E-state index in [4.69, 9.17) is 10.5 Å². The van der Waals surface area contributed by atoms with Gasteiger partial charge in [0.15, 0.2) is 5.69 Å². The van der Waals surface area contributed by atoms with Gasteiger partial charge in [-0.1, -0.05) is 0 Å². The lowest BCUT2D eigenvalue weighted by atomic mass is 9.99. The van der Waals surface area contributed by atoms with Gasteiger partial charge in [-0.05, 0) is 19.3 Å². The number of hydrogen-bond acceptors (Lipinski definition) is 5. The number of methoxy groups -OCH3 is 1. The molecule has 7 heteroatoms. The van der Waals surface area contributed by atoms with Crippen LogP contribution in [0.25, 0.3) is 0 Å². The molecule has 7 nitrogen and oxygen atoms in total. The topological polar surface area (TPSA) is 90.5 Å². The van der Waals surface area contributed by atoms with Crippen LogP contribution in [0, 0.1) is 0 Å². The molecule has 2 rings (SSSR count). The highest BCUT2D eigenvalue weighted by Gasteiger charge is 2.31. The van der Waals surface area contributed by atoms with Crippen LogP contribution in [0.1, 0.15) is 36.2 Å². The average molecular weight is 280 g/mol. The van der Waals surface area contributed by atoms with Crippen LogP contribution < -0.4 is 5.73 Å². The molecule has 0 spiro atoms. The van der Waals surface area contributed by atoms with Crippen molar-refractivity contribution >= 4 is 17.6 Å². The van der Waals surface area contributed by atoms with Crippen molar-refractivity contribution in [2.75, 3.05) is 19.4 Å². The molecule has 1 aliphatic rings. The van der Waals surface area contributed by atoms with Crippen LogP contribution in [0.3, 0.4) is 0 Å². The zero-order valence-corrected chi connectivity index (χ0v) is 11.8. The van der Waals surface area contributed by atoms with Crippen LogP contribution in [0.5, 0.6) is 0 Å². The minimum Gasteiger partial charge on any atom is -0.469 e. The lowest BCUT2D eigenvalue weighted by molar-refractivity contribution is -0.142. The van der Waals surface area contributed by atoms with E-state index in [1.807, 2.05) is 0 Å². The Kier molecular flexibility index (Phi) is 4.26. The minimum atomic E-state index is -0.302. The van der Waals surface area contributed by atoms with Crippen molar-refractivity contribution in [1.29, 1.82) is 0 Å². The van der Waals surface area contributed by atoms with Gasteiger partial charge in [-0.3, -0.25) is 14.3 Å². The van der Waals surface area contributed by atoms with Gasteiger partial charge >= 0.3 is 5.97 Å². The SMILES string of the molecule is COC(=O)CC1CCCCN1C(=O)c1nn(C)cc1N.